The molecule has 0 atom stereocenters. The lowest BCUT2D eigenvalue weighted by atomic mass is 9.96. The minimum atomic E-state index is 0.423. The van der Waals surface area contributed by atoms with Crippen molar-refractivity contribution in [1.29, 1.82) is 0 Å². The molecule has 0 heterocycles. The molecule has 1 nitrogen and oxygen atoms in total. The SMILES string of the molecule is [B]c1ccc(OC2CCCCC2)cc1. The van der Waals surface area contributed by atoms with Crippen LogP contribution in [0.15, 0.2) is 24.3 Å². The molecule has 1 fully saturated rings. The van der Waals surface area contributed by atoms with Crippen LogP contribution in [0.25, 0.3) is 0 Å². The van der Waals surface area contributed by atoms with E-state index in [9.17, 15) is 0 Å². The van der Waals surface area contributed by atoms with Gasteiger partial charge >= 0.3 is 0 Å². The molecule has 0 aliphatic heterocycles. The second kappa shape index (κ2) is 4.54. The number of rotatable bonds is 2. The van der Waals surface area contributed by atoms with Crippen LogP contribution in [0.3, 0.4) is 0 Å². The molecule has 72 valence electrons. The summed E-state index contributed by atoms with van der Waals surface area (Å²) in [6, 6.07) is 7.67. The average molecular weight is 186 g/mol. The Morgan fingerprint density at radius 3 is 2.29 bits per heavy atom. The smallest absolute Gasteiger partial charge is 0.119 e. The molecule has 14 heavy (non-hydrogen) atoms. The third-order valence-electron chi connectivity index (χ3n) is 2.74. The van der Waals surface area contributed by atoms with Gasteiger partial charge in [-0.25, -0.2) is 0 Å². The normalized spacial score (nSPS) is 18.0. The topological polar surface area (TPSA) is 9.23 Å². The Balaban J connectivity index is 1.92. The quantitative estimate of drug-likeness (QED) is 0.643. The van der Waals surface area contributed by atoms with E-state index in [-0.39, 0.29) is 0 Å². The fourth-order valence-electron chi connectivity index (χ4n) is 1.92. The van der Waals surface area contributed by atoms with Gasteiger partial charge in [-0.05, 0) is 37.8 Å². The summed E-state index contributed by atoms with van der Waals surface area (Å²) in [6.45, 7) is 0. The average Bonchev–Trinajstić information content (AvgIpc) is 2.23. The van der Waals surface area contributed by atoms with Crippen LogP contribution in [0.2, 0.25) is 0 Å². The Kier molecular flexibility index (Phi) is 3.12. The van der Waals surface area contributed by atoms with E-state index in [2.05, 4.69) is 0 Å². The standard InChI is InChI=1S/C12H15BO/c13-10-6-8-12(9-7-10)14-11-4-2-1-3-5-11/h6-9,11H,1-5H2. The lowest BCUT2D eigenvalue weighted by Gasteiger charge is -2.22. The lowest BCUT2D eigenvalue weighted by Crippen LogP contribution is -2.19. The second-order valence-electron chi connectivity index (χ2n) is 3.95. The first-order chi connectivity index (χ1) is 6.84. The van der Waals surface area contributed by atoms with Gasteiger partial charge in [0.15, 0.2) is 0 Å². The highest BCUT2D eigenvalue weighted by molar-refractivity contribution is 6.32. The Labute approximate surface area is 86.9 Å². The molecule has 0 amide bonds. The molecule has 0 N–H and O–H groups in total. The number of ether oxygens (including phenoxy) is 1. The van der Waals surface area contributed by atoms with Gasteiger partial charge in [-0.15, -0.1) is 0 Å². The third kappa shape index (κ3) is 2.54. The van der Waals surface area contributed by atoms with Gasteiger partial charge in [0.1, 0.15) is 13.6 Å². The van der Waals surface area contributed by atoms with Crippen molar-refractivity contribution in [2.75, 3.05) is 0 Å². The summed E-state index contributed by atoms with van der Waals surface area (Å²) in [5, 5.41) is 0. The molecule has 1 aromatic rings. The molecule has 2 radical (unpaired) electrons. The molecule has 1 aliphatic rings. The van der Waals surface area contributed by atoms with Crippen molar-refractivity contribution in [3.8, 4) is 5.75 Å². The van der Waals surface area contributed by atoms with Gasteiger partial charge < -0.3 is 4.74 Å². The Morgan fingerprint density at radius 2 is 1.64 bits per heavy atom. The van der Waals surface area contributed by atoms with Gasteiger partial charge in [0, 0.05) is 0 Å². The van der Waals surface area contributed by atoms with Crippen molar-refractivity contribution in [2.45, 2.75) is 38.2 Å². The monoisotopic (exact) mass is 186 g/mol. The van der Waals surface area contributed by atoms with E-state index in [0.717, 1.165) is 11.2 Å². The van der Waals surface area contributed by atoms with Crippen molar-refractivity contribution in [2.24, 2.45) is 0 Å². The highest BCUT2D eigenvalue weighted by Gasteiger charge is 2.14. The van der Waals surface area contributed by atoms with E-state index >= 15 is 0 Å². The Hall–Kier alpha value is -0.915. The van der Waals surface area contributed by atoms with E-state index in [0.29, 0.717) is 6.10 Å². The zero-order valence-corrected chi connectivity index (χ0v) is 8.41. The van der Waals surface area contributed by atoms with Gasteiger partial charge in [-0.3, -0.25) is 0 Å². The van der Waals surface area contributed by atoms with Crippen molar-refractivity contribution in [3.05, 3.63) is 24.3 Å². The molecule has 0 aromatic heterocycles. The molecule has 2 rings (SSSR count). The fourth-order valence-corrected chi connectivity index (χ4v) is 1.92. The van der Waals surface area contributed by atoms with Crippen molar-refractivity contribution >= 4 is 13.3 Å². The first kappa shape index (κ1) is 9.63. The number of hydrogen-bond acceptors (Lipinski definition) is 1. The summed E-state index contributed by atoms with van der Waals surface area (Å²) in [4.78, 5) is 0. The molecule has 1 aromatic carbocycles. The predicted molar refractivity (Wildman–Crippen MR) is 59.3 cm³/mol. The maximum absolute atomic E-state index is 5.85. The van der Waals surface area contributed by atoms with E-state index in [1.54, 1.807) is 0 Å². The van der Waals surface area contributed by atoms with Crippen LogP contribution in [0.1, 0.15) is 32.1 Å². The summed E-state index contributed by atoms with van der Waals surface area (Å²) >= 11 is 0. The predicted octanol–water partition coefficient (Wildman–Crippen LogP) is 2.19. The molecule has 2 heteroatoms. The number of hydrogen-bond donors (Lipinski definition) is 0. The third-order valence-corrected chi connectivity index (χ3v) is 2.74. The summed E-state index contributed by atoms with van der Waals surface area (Å²) in [6.07, 6.45) is 6.79. The lowest BCUT2D eigenvalue weighted by molar-refractivity contribution is 0.155. The summed E-state index contributed by atoms with van der Waals surface area (Å²) in [5.74, 6) is 0.950. The molecule has 1 saturated carbocycles. The molecular weight excluding hydrogens is 171 g/mol. The van der Waals surface area contributed by atoms with Crippen LogP contribution < -0.4 is 10.2 Å². The van der Waals surface area contributed by atoms with Crippen LogP contribution in [0.5, 0.6) is 5.75 Å². The van der Waals surface area contributed by atoms with Crippen LogP contribution >= 0.6 is 0 Å². The highest BCUT2D eigenvalue weighted by atomic mass is 16.5. The molecule has 0 spiro atoms. The zero-order valence-electron chi connectivity index (χ0n) is 8.41. The highest BCUT2D eigenvalue weighted by Crippen LogP contribution is 2.22. The minimum Gasteiger partial charge on any atom is -0.490 e. The largest absolute Gasteiger partial charge is 0.490 e. The van der Waals surface area contributed by atoms with Crippen molar-refractivity contribution in [1.82, 2.24) is 0 Å². The first-order valence-electron chi connectivity index (χ1n) is 5.37. The van der Waals surface area contributed by atoms with Gasteiger partial charge in [0.05, 0.1) is 6.10 Å². The van der Waals surface area contributed by atoms with Crippen LogP contribution in [-0.4, -0.2) is 14.0 Å². The van der Waals surface area contributed by atoms with E-state index in [1.165, 1.54) is 32.1 Å². The van der Waals surface area contributed by atoms with Gasteiger partial charge in [-0.2, -0.15) is 0 Å². The minimum absolute atomic E-state index is 0.423. The number of benzene rings is 1. The molecule has 1 aliphatic carbocycles. The fraction of sp³-hybridized carbons (Fsp3) is 0.500. The Morgan fingerprint density at radius 1 is 1.00 bits per heavy atom. The second-order valence-corrected chi connectivity index (χ2v) is 3.95. The van der Waals surface area contributed by atoms with E-state index < -0.39 is 0 Å². The van der Waals surface area contributed by atoms with Gasteiger partial charge in [-0.1, -0.05) is 24.0 Å². The van der Waals surface area contributed by atoms with Crippen molar-refractivity contribution < 1.29 is 4.74 Å². The maximum atomic E-state index is 5.85. The molecular formula is C12H15BO. The van der Waals surface area contributed by atoms with Crippen LogP contribution in [-0.2, 0) is 0 Å². The van der Waals surface area contributed by atoms with Crippen molar-refractivity contribution in [3.63, 3.8) is 0 Å². The van der Waals surface area contributed by atoms with Gasteiger partial charge in [0.2, 0.25) is 0 Å². The molecule has 0 bridgehead atoms. The van der Waals surface area contributed by atoms with E-state index in [4.69, 9.17) is 12.6 Å². The summed E-state index contributed by atoms with van der Waals surface area (Å²) in [5.41, 5.74) is 0.793. The van der Waals surface area contributed by atoms with Crippen LogP contribution in [0.4, 0.5) is 0 Å². The zero-order chi connectivity index (χ0) is 9.80. The first-order valence-corrected chi connectivity index (χ1v) is 5.37. The summed E-state index contributed by atoms with van der Waals surface area (Å²) in [7, 11) is 5.60. The molecule has 0 saturated heterocycles. The van der Waals surface area contributed by atoms with Gasteiger partial charge in [0.25, 0.3) is 0 Å². The Bertz CT molecular complexity index is 275. The molecule has 0 unspecified atom stereocenters. The van der Waals surface area contributed by atoms with Crippen LogP contribution in [0, 0.1) is 0 Å². The summed E-state index contributed by atoms with van der Waals surface area (Å²) < 4.78 is 5.85. The maximum Gasteiger partial charge on any atom is 0.119 e. The van der Waals surface area contributed by atoms with E-state index in [1.807, 2.05) is 24.3 Å².